The third kappa shape index (κ3) is 2.83. The van der Waals surface area contributed by atoms with Crippen LogP contribution in [0.3, 0.4) is 0 Å². The van der Waals surface area contributed by atoms with Crippen molar-refractivity contribution in [2.24, 2.45) is 5.92 Å². The summed E-state index contributed by atoms with van der Waals surface area (Å²) >= 11 is 11.6. The third-order valence-corrected chi connectivity index (χ3v) is 3.31. The predicted molar refractivity (Wildman–Crippen MR) is 62.5 cm³/mol. The van der Waals surface area contributed by atoms with E-state index in [0.717, 1.165) is 25.1 Å². The van der Waals surface area contributed by atoms with Crippen LogP contribution in [0.5, 0.6) is 0 Å². The average Bonchev–Trinajstić information content (AvgIpc) is 2.70. The van der Waals surface area contributed by atoms with Crippen molar-refractivity contribution in [1.82, 2.24) is 14.9 Å². The van der Waals surface area contributed by atoms with Gasteiger partial charge in [0.2, 0.25) is 5.28 Å². The van der Waals surface area contributed by atoms with Crippen LogP contribution in [0.2, 0.25) is 10.4 Å². The van der Waals surface area contributed by atoms with E-state index < -0.39 is 0 Å². The number of halogens is 2. The SMILES string of the molecule is OC[C@@H]1CCN(Cc2cnc(Cl)nc2Cl)C1. The topological polar surface area (TPSA) is 49.2 Å². The zero-order valence-electron chi connectivity index (χ0n) is 8.74. The van der Waals surface area contributed by atoms with E-state index in [1.165, 1.54) is 0 Å². The maximum absolute atomic E-state index is 9.05. The summed E-state index contributed by atoms with van der Waals surface area (Å²) in [5.41, 5.74) is 0.879. The Morgan fingerprint density at radius 1 is 1.50 bits per heavy atom. The number of hydrogen-bond acceptors (Lipinski definition) is 4. The molecule has 2 rings (SSSR count). The highest BCUT2D eigenvalue weighted by Crippen LogP contribution is 2.21. The van der Waals surface area contributed by atoms with Gasteiger partial charge >= 0.3 is 0 Å². The standard InChI is InChI=1S/C10H13Cl2N3O/c11-9-8(3-13-10(12)14-9)5-15-2-1-7(4-15)6-16/h3,7,16H,1-2,4-6H2/t7-/m1/s1. The molecule has 1 atom stereocenters. The van der Waals surface area contributed by atoms with Crippen LogP contribution >= 0.6 is 23.2 Å². The Hall–Kier alpha value is -0.420. The minimum absolute atomic E-state index is 0.170. The molecule has 1 aromatic heterocycles. The van der Waals surface area contributed by atoms with Gasteiger partial charge in [0, 0.05) is 31.5 Å². The van der Waals surface area contributed by atoms with E-state index >= 15 is 0 Å². The van der Waals surface area contributed by atoms with Crippen LogP contribution in [0.4, 0.5) is 0 Å². The Kier molecular flexibility index (Phi) is 3.97. The Morgan fingerprint density at radius 3 is 2.94 bits per heavy atom. The van der Waals surface area contributed by atoms with Gasteiger partial charge in [-0.2, -0.15) is 0 Å². The first-order valence-electron chi connectivity index (χ1n) is 5.19. The van der Waals surface area contributed by atoms with Crippen LogP contribution in [0.25, 0.3) is 0 Å². The highest BCUT2D eigenvalue weighted by Gasteiger charge is 2.22. The van der Waals surface area contributed by atoms with Crippen LogP contribution in [0.1, 0.15) is 12.0 Å². The second-order valence-corrected chi connectivity index (χ2v) is 4.72. The van der Waals surface area contributed by atoms with Gasteiger partial charge in [-0.3, -0.25) is 4.90 Å². The van der Waals surface area contributed by atoms with E-state index in [4.69, 9.17) is 28.3 Å². The largest absolute Gasteiger partial charge is 0.396 e. The van der Waals surface area contributed by atoms with Gasteiger partial charge in [-0.15, -0.1) is 0 Å². The van der Waals surface area contributed by atoms with Crippen LogP contribution < -0.4 is 0 Å². The molecular weight excluding hydrogens is 249 g/mol. The number of aliphatic hydroxyl groups is 1. The van der Waals surface area contributed by atoms with Crippen molar-refractivity contribution < 1.29 is 5.11 Å². The van der Waals surface area contributed by atoms with Gasteiger partial charge in [-0.05, 0) is 30.5 Å². The lowest BCUT2D eigenvalue weighted by atomic mass is 10.1. The molecule has 1 aliphatic rings. The first-order chi connectivity index (χ1) is 7.69. The zero-order chi connectivity index (χ0) is 11.5. The van der Waals surface area contributed by atoms with Gasteiger partial charge < -0.3 is 5.11 Å². The normalized spacial score (nSPS) is 21.6. The first-order valence-corrected chi connectivity index (χ1v) is 5.94. The number of rotatable bonds is 3. The fourth-order valence-electron chi connectivity index (χ4n) is 1.92. The highest BCUT2D eigenvalue weighted by molar-refractivity contribution is 6.32. The minimum Gasteiger partial charge on any atom is -0.396 e. The van der Waals surface area contributed by atoms with Crippen LogP contribution in [-0.4, -0.2) is 39.7 Å². The molecule has 0 saturated carbocycles. The quantitative estimate of drug-likeness (QED) is 0.664. The minimum atomic E-state index is 0.170. The molecule has 0 unspecified atom stereocenters. The Balaban J connectivity index is 1.99. The smallest absolute Gasteiger partial charge is 0.223 e. The lowest BCUT2D eigenvalue weighted by Crippen LogP contribution is -2.21. The molecule has 1 fully saturated rings. The Bertz CT molecular complexity index is 375. The third-order valence-electron chi connectivity index (χ3n) is 2.80. The molecular formula is C10H13Cl2N3O. The lowest BCUT2D eigenvalue weighted by molar-refractivity contribution is 0.220. The predicted octanol–water partition coefficient (Wildman–Crippen LogP) is 1.60. The van der Waals surface area contributed by atoms with Gasteiger partial charge in [0.25, 0.3) is 0 Å². The molecule has 6 heteroatoms. The van der Waals surface area contributed by atoms with Gasteiger partial charge in [0.1, 0.15) is 5.15 Å². The maximum atomic E-state index is 9.05. The number of hydrogen-bond donors (Lipinski definition) is 1. The maximum Gasteiger partial charge on any atom is 0.223 e. The summed E-state index contributed by atoms with van der Waals surface area (Å²) in [5.74, 6) is 0.381. The van der Waals surface area contributed by atoms with Crippen molar-refractivity contribution in [2.45, 2.75) is 13.0 Å². The van der Waals surface area contributed by atoms with Crippen LogP contribution in [0, 0.1) is 5.92 Å². The highest BCUT2D eigenvalue weighted by atomic mass is 35.5. The van der Waals surface area contributed by atoms with Crippen molar-refractivity contribution >= 4 is 23.2 Å². The zero-order valence-corrected chi connectivity index (χ0v) is 10.2. The van der Waals surface area contributed by atoms with E-state index in [0.29, 0.717) is 17.6 Å². The summed E-state index contributed by atoms with van der Waals surface area (Å²) in [5, 5.41) is 9.63. The number of aliphatic hydroxyl groups excluding tert-OH is 1. The molecule has 0 aromatic carbocycles. The van der Waals surface area contributed by atoms with Gasteiger partial charge in [0.05, 0.1) is 0 Å². The van der Waals surface area contributed by atoms with Gasteiger partial charge in [0.15, 0.2) is 0 Å². The van der Waals surface area contributed by atoms with Gasteiger partial charge in [-0.1, -0.05) is 11.6 Å². The molecule has 4 nitrogen and oxygen atoms in total. The molecule has 0 aliphatic carbocycles. The molecule has 0 spiro atoms. The Labute approximate surface area is 104 Å². The van der Waals surface area contributed by atoms with Crippen LogP contribution in [0.15, 0.2) is 6.20 Å². The average molecular weight is 262 g/mol. The summed E-state index contributed by atoms with van der Waals surface area (Å²) < 4.78 is 0. The van der Waals surface area contributed by atoms with E-state index in [-0.39, 0.29) is 11.9 Å². The summed E-state index contributed by atoms with van der Waals surface area (Å²) in [7, 11) is 0. The molecule has 1 aliphatic heterocycles. The number of aromatic nitrogens is 2. The van der Waals surface area contributed by atoms with Crippen molar-refractivity contribution in [3.63, 3.8) is 0 Å². The van der Waals surface area contributed by atoms with Crippen LogP contribution in [-0.2, 0) is 6.54 Å². The molecule has 88 valence electrons. The summed E-state index contributed by atoms with van der Waals surface area (Å²) in [4.78, 5) is 10.0. The molecule has 1 aromatic rings. The van der Waals surface area contributed by atoms with Crippen molar-refractivity contribution in [2.75, 3.05) is 19.7 Å². The monoisotopic (exact) mass is 261 g/mol. The molecule has 0 amide bonds. The second-order valence-electron chi connectivity index (χ2n) is 4.03. The fraction of sp³-hybridized carbons (Fsp3) is 0.600. The second kappa shape index (κ2) is 5.27. The number of likely N-dealkylation sites (tertiary alicyclic amines) is 1. The molecule has 0 radical (unpaired) electrons. The first kappa shape index (κ1) is 12.0. The van der Waals surface area contributed by atoms with Crippen molar-refractivity contribution in [3.05, 3.63) is 22.2 Å². The van der Waals surface area contributed by atoms with Crippen molar-refractivity contribution in [1.29, 1.82) is 0 Å². The molecule has 16 heavy (non-hydrogen) atoms. The van der Waals surface area contributed by atoms with E-state index in [2.05, 4.69) is 14.9 Å². The molecule has 1 N–H and O–H groups in total. The van der Waals surface area contributed by atoms with E-state index in [1.54, 1.807) is 6.20 Å². The lowest BCUT2D eigenvalue weighted by Gasteiger charge is -2.15. The van der Waals surface area contributed by atoms with Crippen molar-refractivity contribution in [3.8, 4) is 0 Å². The summed E-state index contributed by atoms with van der Waals surface area (Å²) in [6.07, 6.45) is 2.69. The van der Waals surface area contributed by atoms with E-state index in [9.17, 15) is 0 Å². The number of nitrogens with zero attached hydrogens (tertiary/aromatic N) is 3. The molecule has 2 heterocycles. The molecule has 1 saturated heterocycles. The molecule has 0 bridgehead atoms. The Morgan fingerprint density at radius 2 is 2.31 bits per heavy atom. The summed E-state index contributed by atoms with van der Waals surface area (Å²) in [6, 6.07) is 0. The fourth-order valence-corrected chi connectivity index (χ4v) is 2.28. The summed E-state index contributed by atoms with van der Waals surface area (Å²) in [6.45, 7) is 2.84. The van der Waals surface area contributed by atoms with Gasteiger partial charge in [-0.25, -0.2) is 9.97 Å². The van der Waals surface area contributed by atoms with E-state index in [1.807, 2.05) is 0 Å².